The van der Waals surface area contributed by atoms with Crippen molar-refractivity contribution in [3.63, 3.8) is 0 Å². The maximum atomic E-state index is 12.7. The molecule has 0 saturated carbocycles. The lowest BCUT2D eigenvalue weighted by Crippen LogP contribution is -2.49. The van der Waals surface area contributed by atoms with Crippen LogP contribution in [0.4, 0.5) is 5.95 Å². The first kappa shape index (κ1) is 19.9. The number of aromatic nitrogens is 4. The van der Waals surface area contributed by atoms with Gasteiger partial charge >= 0.3 is 5.69 Å². The fraction of sp³-hybridized carbons (Fsp3) is 0.400. The minimum absolute atomic E-state index is 0.224. The average molecular weight is 411 g/mol. The molecule has 1 amide bonds. The van der Waals surface area contributed by atoms with Crippen molar-refractivity contribution in [2.45, 2.75) is 13.5 Å². The quantitative estimate of drug-likeness (QED) is 0.577. The lowest BCUT2D eigenvalue weighted by atomic mass is 10.1. The topological polar surface area (TPSA) is 122 Å². The van der Waals surface area contributed by atoms with Gasteiger partial charge in [-0.25, -0.2) is 4.79 Å². The number of fused-ring (bicyclic) bond motifs is 1. The van der Waals surface area contributed by atoms with E-state index in [-0.39, 0.29) is 12.5 Å². The third-order valence-electron chi connectivity index (χ3n) is 5.44. The standard InChI is InChI=1S/C20H25N7O3/c1-13-4-3-5-14(10-13)11-27-16-17(24(2)20(30)23-18(16)29)22-19(27)26-8-6-25(7-9-26)12-15(21)28/h3-5,10H,6-9,11-12H2,1-2H3,(H2,21,28)(H,23,29,30). The summed E-state index contributed by atoms with van der Waals surface area (Å²) in [5.41, 5.74) is 7.25. The van der Waals surface area contributed by atoms with Gasteiger partial charge in [0.1, 0.15) is 0 Å². The Morgan fingerprint density at radius 3 is 2.60 bits per heavy atom. The Hall–Kier alpha value is -3.40. The number of carbonyl (C=O) groups excluding carboxylic acids is 1. The number of nitrogens with one attached hydrogen (secondary N) is 1. The number of hydrogen-bond acceptors (Lipinski definition) is 6. The minimum atomic E-state index is -0.495. The highest BCUT2D eigenvalue weighted by molar-refractivity contribution is 5.76. The second kappa shape index (κ2) is 7.79. The second-order valence-corrected chi connectivity index (χ2v) is 7.71. The molecule has 1 aromatic carbocycles. The second-order valence-electron chi connectivity index (χ2n) is 7.71. The maximum absolute atomic E-state index is 12.7. The lowest BCUT2D eigenvalue weighted by molar-refractivity contribution is -0.119. The lowest BCUT2D eigenvalue weighted by Gasteiger charge is -2.34. The Labute approximate surface area is 172 Å². The summed E-state index contributed by atoms with van der Waals surface area (Å²) < 4.78 is 3.22. The summed E-state index contributed by atoms with van der Waals surface area (Å²) in [5, 5.41) is 0. The first-order valence-electron chi connectivity index (χ1n) is 9.84. The van der Waals surface area contributed by atoms with Gasteiger partial charge in [0.05, 0.1) is 13.1 Å². The van der Waals surface area contributed by atoms with Crippen molar-refractivity contribution in [3.05, 3.63) is 56.2 Å². The molecule has 0 unspecified atom stereocenters. The molecule has 0 bridgehead atoms. The van der Waals surface area contributed by atoms with Gasteiger partial charge < -0.3 is 10.6 Å². The highest BCUT2D eigenvalue weighted by atomic mass is 16.2. The van der Waals surface area contributed by atoms with E-state index in [0.29, 0.717) is 49.8 Å². The molecule has 30 heavy (non-hydrogen) atoms. The largest absolute Gasteiger partial charge is 0.369 e. The molecular formula is C20H25N7O3. The van der Waals surface area contributed by atoms with E-state index in [1.54, 1.807) is 7.05 Å². The molecular weight excluding hydrogens is 386 g/mol. The molecule has 1 fully saturated rings. The number of aromatic amines is 1. The number of piperazine rings is 1. The number of hydrogen-bond donors (Lipinski definition) is 2. The van der Waals surface area contributed by atoms with Crippen molar-refractivity contribution in [1.82, 2.24) is 24.0 Å². The van der Waals surface area contributed by atoms with E-state index in [1.807, 2.05) is 34.6 Å². The molecule has 1 saturated heterocycles. The molecule has 0 spiro atoms. The fourth-order valence-electron chi connectivity index (χ4n) is 3.93. The molecule has 1 aliphatic heterocycles. The Morgan fingerprint density at radius 2 is 1.93 bits per heavy atom. The van der Waals surface area contributed by atoms with Crippen LogP contribution in [0.1, 0.15) is 11.1 Å². The first-order valence-corrected chi connectivity index (χ1v) is 9.84. The van der Waals surface area contributed by atoms with Gasteiger partial charge in [0.15, 0.2) is 11.2 Å². The van der Waals surface area contributed by atoms with E-state index < -0.39 is 11.2 Å². The van der Waals surface area contributed by atoms with Gasteiger partial charge in [-0.15, -0.1) is 0 Å². The van der Waals surface area contributed by atoms with Gasteiger partial charge in [-0.1, -0.05) is 29.8 Å². The molecule has 0 radical (unpaired) electrons. The van der Waals surface area contributed by atoms with Crippen LogP contribution in [0.25, 0.3) is 11.2 Å². The van der Waals surface area contributed by atoms with Crippen molar-refractivity contribution in [1.29, 1.82) is 0 Å². The van der Waals surface area contributed by atoms with Gasteiger partial charge in [0.25, 0.3) is 5.56 Å². The van der Waals surface area contributed by atoms with E-state index in [4.69, 9.17) is 5.73 Å². The Balaban J connectivity index is 1.78. The van der Waals surface area contributed by atoms with Crippen molar-refractivity contribution < 1.29 is 4.79 Å². The number of nitrogens with zero attached hydrogens (tertiary/aromatic N) is 5. The van der Waals surface area contributed by atoms with Crippen LogP contribution in [0.15, 0.2) is 33.9 Å². The van der Waals surface area contributed by atoms with E-state index in [2.05, 4.69) is 20.9 Å². The summed E-state index contributed by atoms with van der Waals surface area (Å²) >= 11 is 0. The Morgan fingerprint density at radius 1 is 1.20 bits per heavy atom. The molecule has 0 atom stereocenters. The third kappa shape index (κ3) is 3.73. The average Bonchev–Trinajstić information content (AvgIpc) is 3.06. The molecule has 2 aromatic heterocycles. The molecule has 3 heterocycles. The number of benzene rings is 1. The van der Waals surface area contributed by atoms with E-state index >= 15 is 0 Å². The number of rotatable bonds is 5. The molecule has 158 valence electrons. The third-order valence-corrected chi connectivity index (χ3v) is 5.44. The summed E-state index contributed by atoms with van der Waals surface area (Å²) in [4.78, 5) is 47.1. The van der Waals surface area contributed by atoms with Crippen LogP contribution in [0.2, 0.25) is 0 Å². The molecule has 10 nitrogen and oxygen atoms in total. The molecule has 4 rings (SSSR count). The van der Waals surface area contributed by atoms with Crippen molar-refractivity contribution in [3.8, 4) is 0 Å². The number of carbonyl (C=O) groups is 1. The Bertz CT molecular complexity index is 1220. The molecule has 1 aliphatic rings. The summed E-state index contributed by atoms with van der Waals surface area (Å²) in [7, 11) is 1.60. The van der Waals surface area contributed by atoms with Crippen molar-refractivity contribution in [2.24, 2.45) is 12.8 Å². The highest BCUT2D eigenvalue weighted by Crippen LogP contribution is 2.22. The number of H-pyrrole nitrogens is 1. The van der Waals surface area contributed by atoms with Gasteiger partial charge in [-0.2, -0.15) is 4.98 Å². The van der Waals surface area contributed by atoms with Crippen LogP contribution in [-0.4, -0.2) is 62.6 Å². The van der Waals surface area contributed by atoms with Crippen LogP contribution in [0, 0.1) is 6.92 Å². The molecule has 3 aromatic rings. The zero-order valence-corrected chi connectivity index (χ0v) is 17.1. The van der Waals surface area contributed by atoms with Crippen molar-refractivity contribution in [2.75, 3.05) is 37.6 Å². The van der Waals surface area contributed by atoms with Crippen LogP contribution in [-0.2, 0) is 18.4 Å². The monoisotopic (exact) mass is 411 g/mol. The normalized spacial score (nSPS) is 15.1. The number of imidazole rings is 1. The van der Waals surface area contributed by atoms with E-state index in [0.717, 1.165) is 11.1 Å². The fourth-order valence-corrected chi connectivity index (χ4v) is 3.93. The van der Waals surface area contributed by atoms with E-state index in [9.17, 15) is 14.4 Å². The number of amides is 1. The van der Waals surface area contributed by atoms with Crippen LogP contribution >= 0.6 is 0 Å². The number of nitrogens with two attached hydrogens (primary N) is 1. The predicted molar refractivity (Wildman–Crippen MR) is 114 cm³/mol. The SMILES string of the molecule is Cc1cccc(Cn2c(N3CCN(CC(N)=O)CC3)nc3c2c(=O)[nH]c(=O)n3C)c1. The Kier molecular flexibility index (Phi) is 5.17. The van der Waals surface area contributed by atoms with Crippen LogP contribution in [0.3, 0.4) is 0 Å². The number of aryl methyl sites for hydroxylation is 2. The smallest absolute Gasteiger partial charge is 0.329 e. The minimum Gasteiger partial charge on any atom is -0.369 e. The van der Waals surface area contributed by atoms with Crippen molar-refractivity contribution >= 4 is 23.0 Å². The summed E-state index contributed by atoms with van der Waals surface area (Å²) in [6.45, 7) is 5.28. The predicted octanol–water partition coefficient (Wildman–Crippen LogP) is -0.613. The van der Waals surface area contributed by atoms with Gasteiger partial charge in [0.2, 0.25) is 11.9 Å². The van der Waals surface area contributed by atoms with Gasteiger partial charge in [0, 0.05) is 33.2 Å². The number of primary amides is 1. The summed E-state index contributed by atoms with van der Waals surface area (Å²) in [6.07, 6.45) is 0. The first-order chi connectivity index (χ1) is 14.3. The zero-order chi connectivity index (χ0) is 21.4. The van der Waals surface area contributed by atoms with Gasteiger partial charge in [-0.3, -0.25) is 28.6 Å². The molecule has 0 aliphatic carbocycles. The zero-order valence-electron chi connectivity index (χ0n) is 17.1. The van der Waals surface area contributed by atoms with Gasteiger partial charge in [-0.05, 0) is 12.5 Å². The number of anilines is 1. The summed E-state index contributed by atoms with van der Waals surface area (Å²) in [6, 6.07) is 8.07. The van der Waals surface area contributed by atoms with Crippen LogP contribution < -0.4 is 21.9 Å². The highest BCUT2D eigenvalue weighted by Gasteiger charge is 2.25. The molecule has 3 N–H and O–H groups in total. The van der Waals surface area contributed by atoms with Crippen LogP contribution in [0.5, 0.6) is 0 Å². The van der Waals surface area contributed by atoms with E-state index in [1.165, 1.54) is 4.57 Å². The maximum Gasteiger partial charge on any atom is 0.329 e. The molecule has 10 heteroatoms. The summed E-state index contributed by atoms with van der Waals surface area (Å²) in [5.74, 6) is 0.286.